The number of hydrogen-bond donors (Lipinski definition) is 1. The Hall–Kier alpha value is -0.540. The smallest absolute Gasteiger partial charge is 0.0364 e. The fourth-order valence-corrected chi connectivity index (χ4v) is 1.91. The van der Waals surface area contributed by atoms with Crippen molar-refractivity contribution in [3.63, 3.8) is 0 Å². The quantitative estimate of drug-likeness (QED) is 0.892. The van der Waals surface area contributed by atoms with Gasteiger partial charge in [-0.2, -0.15) is 0 Å². The number of benzene rings is 1. The molecule has 0 radical (unpaired) electrons. The topological polar surface area (TPSA) is 29.3 Å². The van der Waals surface area contributed by atoms with Crippen LogP contribution in [0.3, 0.4) is 0 Å². The first-order valence-electron chi connectivity index (χ1n) is 5.30. The summed E-state index contributed by atoms with van der Waals surface area (Å²) in [6.07, 6.45) is 1.08. The van der Waals surface area contributed by atoms with E-state index in [2.05, 4.69) is 59.1 Å². The molecule has 0 amide bonds. The summed E-state index contributed by atoms with van der Waals surface area (Å²) >= 11 is 3.44. The van der Waals surface area contributed by atoms with Crippen molar-refractivity contribution < 1.29 is 0 Å². The number of nitrogens with zero attached hydrogens (tertiary/aromatic N) is 1. The van der Waals surface area contributed by atoms with Gasteiger partial charge in [0.2, 0.25) is 0 Å². The van der Waals surface area contributed by atoms with Crippen molar-refractivity contribution >= 4 is 21.6 Å². The highest BCUT2D eigenvalue weighted by molar-refractivity contribution is 9.10. The molecule has 0 saturated carbocycles. The fraction of sp³-hybridized carbons (Fsp3) is 0.500. The first-order chi connectivity index (χ1) is 7.13. The zero-order valence-corrected chi connectivity index (χ0v) is 11.0. The summed E-state index contributed by atoms with van der Waals surface area (Å²) in [5.41, 5.74) is 6.79. The number of anilines is 1. The van der Waals surface area contributed by atoms with Gasteiger partial charge >= 0.3 is 0 Å². The molecular weight excluding hydrogens is 252 g/mol. The molecule has 0 aliphatic rings. The molecular formula is C12H19BrN2. The van der Waals surface area contributed by atoms with E-state index in [1.54, 1.807) is 0 Å². The highest BCUT2D eigenvalue weighted by Gasteiger charge is 2.06. The van der Waals surface area contributed by atoms with Crippen LogP contribution in [0, 0.1) is 5.92 Å². The van der Waals surface area contributed by atoms with Gasteiger partial charge in [-0.15, -0.1) is 0 Å². The normalized spacial score (nSPS) is 12.5. The van der Waals surface area contributed by atoms with Crippen LogP contribution >= 0.6 is 15.9 Å². The van der Waals surface area contributed by atoms with Crippen LogP contribution < -0.4 is 10.6 Å². The van der Waals surface area contributed by atoms with Crippen LogP contribution in [0.1, 0.15) is 13.3 Å². The van der Waals surface area contributed by atoms with Gasteiger partial charge in [-0.05, 0) is 43.1 Å². The Balaban J connectivity index is 2.53. The Morgan fingerprint density at radius 1 is 1.33 bits per heavy atom. The van der Waals surface area contributed by atoms with Gasteiger partial charge in [0.15, 0.2) is 0 Å². The van der Waals surface area contributed by atoms with Gasteiger partial charge in [0, 0.05) is 23.8 Å². The van der Waals surface area contributed by atoms with E-state index in [-0.39, 0.29) is 0 Å². The molecule has 3 heteroatoms. The molecule has 1 atom stereocenters. The maximum absolute atomic E-state index is 5.54. The summed E-state index contributed by atoms with van der Waals surface area (Å²) in [5.74, 6) is 0.642. The Labute approximate surface area is 101 Å². The number of rotatable bonds is 5. The lowest BCUT2D eigenvalue weighted by Crippen LogP contribution is -2.25. The predicted molar refractivity (Wildman–Crippen MR) is 70.2 cm³/mol. The van der Waals surface area contributed by atoms with Gasteiger partial charge in [-0.3, -0.25) is 0 Å². The average Bonchev–Trinajstić information content (AvgIpc) is 2.18. The molecule has 0 spiro atoms. The summed E-state index contributed by atoms with van der Waals surface area (Å²) in [5, 5.41) is 0. The molecule has 2 nitrogen and oxygen atoms in total. The monoisotopic (exact) mass is 270 g/mol. The second-order valence-electron chi connectivity index (χ2n) is 4.04. The average molecular weight is 271 g/mol. The minimum Gasteiger partial charge on any atom is -0.374 e. The molecule has 0 aliphatic heterocycles. The van der Waals surface area contributed by atoms with Crippen LogP contribution in [0.15, 0.2) is 28.7 Å². The van der Waals surface area contributed by atoms with Crippen LogP contribution in [-0.4, -0.2) is 20.1 Å². The highest BCUT2D eigenvalue weighted by Crippen LogP contribution is 2.18. The molecule has 1 rings (SSSR count). The van der Waals surface area contributed by atoms with E-state index < -0.39 is 0 Å². The van der Waals surface area contributed by atoms with Gasteiger partial charge in [0.1, 0.15) is 0 Å². The highest BCUT2D eigenvalue weighted by atomic mass is 79.9. The molecule has 0 aliphatic carbocycles. The van der Waals surface area contributed by atoms with Crippen molar-refractivity contribution in [1.82, 2.24) is 0 Å². The number of nitrogens with two attached hydrogens (primary N) is 1. The second-order valence-corrected chi connectivity index (χ2v) is 4.96. The Morgan fingerprint density at radius 3 is 2.47 bits per heavy atom. The largest absolute Gasteiger partial charge is 0.374 e. The SMILES string of the molecule is CC(CCN)CN(C)c1ccc(Br)cc1. The lowest BCUT2D eigenvalue weighted by molar-refractivity contribution is 0.539. The van der Waals surface area contributed by atoms with Gasteiger partial charge < -0.3 is 10.6 Å². The maximum atomic E-state index is 5.54. The molecule has 0 heterocycles. The molecule has 1 unspecified atom stereocenters. The van der Waals surface area contributed by atoms with Crippen LogP contribution in [0.4, 0.5) is 5.69 Å². The predicted octanol–water partition coefficient (Wildman–Crippen LogP) is 2.87. The summed E-state index contributed by atoms with van der Waals surface area (Å²) < 4.78 is 1.12. The van der Waals surface area contributed by atoms with Crippen LogP contribution in [0.5, 0.6) is 0 Å². The van der Waals surface area contributed by atoms with Crippen LogP contribution in [0.25, 0.3) is 0 Å². The van der Waals surface area contributed by atoms with Crippen molar-refractivity contribution in [1.29, 1.82) is 0 Å². The van der Waals surface area contributed by atoms with Crippen LogP contribution in [0.2, 0.25) is 0 Å². The standard InChI is InChI=1S/C12H19BrN2/c1-10(7-8-14)9-15(2)12-5-3-11(13)4-6-12/h3-6,10H,7-9,14H2,1-2H3. The van der Waals surface area contributed by atoms with Crippen molar-refractivity contribution in [3.8, 4) is 0 Å². The van der Waals surface area contributed by atoms with Gasteiger partial charge in [-0.1, -0.05) is 22.9 Å². The zero-order chi connectivity index (χ0) is 11.3. The molecule has 0 bridgehead atoms. The lowest BCUT2D eigenvalue weighted by atomic mass is 10.1. The summed E-state index contributed by atoms with van der Waals surface area (Å²) in [6.45, 7) is 4.07. The maximum Gasteiger partial charge on any atom is 0.0364 e. The zero-order valence-electron chi connectivity index (χ0n) is 9.41. The number of hydrogen-bond acceptors (Lipinski definition) is 2. The van der Waals surface area contributed by atoms with Crippen LogP contribution in [-0.2, 0) is 0 Å². The van der Waals surface area contributed by atoms with E-state index in [9.17, 15) is 0 Å². The Bertz CT molecular complexity index is 284. The molecule has 0 saturated heterocycles. The summed E-state index contributed by atoms with van der Waals surface area (Å²) in [7, 11) is 2.12. The van der Waals surface area contributed by atoms with Crippen molar-refractivity contribution in [2.75, 3.05) is 25.0 Å². The van der Waals surface area contributed by atoms with Gasteiger partial charge in [-0.25, -0.2) is 0 Å². The number of halogens is 1. The summed E-state index contributed by atoms with van der Waals surface area (Å²) in [4.78, 5) is 2.27. The van der Waals surface area contributed by atoms with Crippen molar-refractivity contribution in [2.24, 2.45) is 11.7 Å². The minimum absolute atomic E-state index is 0.642. The molecule has 0 fully saturated rings. The Morgan fingerprint density at radius 2 is 1.93 bits per heavy atom. The van der Waals surface area contributed by atoms with Crippen molar-refractivity contribution in [2.45, 2.75) is 13.3 Å². The van der Waals surface area contributed by atoms with Gasteiger partial charge in [0.25, 0.3) is 0 Å². The molecule has 84 valence electrons. The van der Waals surface area contributed by atoms with E-state index in [0.717, 1.165) is 24.0 Å². The molecule has 0 aromatic heterocycles. The third-order valence-corrected chi connectivity index (χ3v) is 3.04. The first kappa shape index (κ1) is 12.5. The molecule has 1 aromatic rings. The van der Waals surface area contributed by atoms with Crippen molar-refractivity contribution in [3.05, 3.63) is 28.7 Å². The summed E-state index contributed by atoms with van der Waals surface area (Å²) in [6, 6.07) is 8.39. The third kappa shape index (κ3) is 4.22. The minimum atomic E-state index is 0.642. The van der Waals surface area contributed by atoms with E-state index in [0.29, 0.717) is 5.92 Å². The van der Waals surface area contributed by atoms with E-state index >= 15 is 0 Å². The van der Waals surface area contributed by atoms with E-state index in [1.807, 2.05) is 0 Å². The molecule has 2 N–H and O–H groups in total. The Kier molecular flexibility index (Phi) is 5.12. The fourth-order valence-electron chi connectivity index (χ4n) is 1.64. The lowest BCUT2D eigenvalue weighted by Gasteiger charge is -2.23. The second kappa shape index (κ2) is 6.13. The van der Waals surface area contributed by atoms with E-state index in [4.69, 9.17) is 5.73 Å². The molecule has 15 heavy (non-hydrogen) atoms. The molecule has 1 aromatic carbocycles. The first-order valence-corrected chi connectivity index (χ1v) is 6.09. The third-order valence-electron chi connectivity index (χ3n) is 2.51. The van der Waals surface area contributed by atoms with E-state index in [1.165, 1.54) is 5.69 Å². The van der Waals surface area contributed by atoms with Gasteiger partial charge in [0.05, 0.1) is 0 Å².